The lowest BCUT2D eigenvalue weighted by Gasteiger charge is -2.33. The van der Waals surface area contributed by atoms with E-state index in [1.165, 1.54) is 32.1 Å². The molecule has 2 N–H and O–H groups in total. The summed E-state index contributed by atoms with van der Waals surface area (Å²) >= 11 is 0. The van der Waals surface area contributed by atoms with Crippen molar-refractivity contribution < 1.29 is 10.2 Å². The van der Waals surface area contributed by atoms with Gasteiger partial charge in [0, 0.05) is 0 Å². The summed E-state index contributed by atoms with van der Waals surface area (Å²) in [6.07, 6.45) is 11.3. The molecule has 0 aromatic rings. The molecule has 128 valence electrons. The zero-order valence-electron chi connectivity index (χ0n) is 14.7. The summed E-state index contributed by atoms with van der Waals surface area (Å²) in [6.45, 7) is 8.55. The van der Waals surface area contributed by atoms with E-state index in [0.717, 1.165) is 29.2 Å². The van der Waals surface area contributed by atoms with Gasteiger partial charge in [0.15, 0.2) is 0 Å². The molecule has 3 rings (SSSR count). The zero-order valence-corrected chi connectivity index (χ0v) is 14.7. The molecule has 3 aliphatic rings. The average Bonchev–Trinajstić information content (AvgIpc) is 2.95. The van der Waals surface area contributed by atoms with Crippen LogP contribution >= 0.6 is 0 Å². The first-order valence-electron chi connectivity index (χ1n) is 9.40. The molecule has 0 amide bonds. The lowest BCUT2D eigenvalue weighted by molar-refractivity contribution is 0.123. The van der Waals surface area contributed by atoms with Crippen molar-refractivity contribution in [2.45, 2.75) is 71.0 Å². The molecule has 0 spiro atoms. The van der Waals surface area contributed by atoms with Gasteiger partial charge in [-0.15, -0.1) is 0 Å². The van der Waals surface area contributed by atoms with E-state index in [4.69, 9.17) is 0 Å². The van der Waals surface area contributed by atoms with E-state index in [2.05, 4.69) is 32.6 Å². The number of fused-ring (bicyclic) bond motifs is 1. The number of aliphatic hydroxyl groups is 2. The number of aliphatic hydroxyl groups excluding tert-OH is 2. The normalized spacial score (nSPS) is 39.9. The van der Waals surface area contributed by atoms with Crippen molar-refractivity contribution in [1.82, 2.24) is 0 Å². The van der Waals surface area contributed by atoms with Crippen molar-refractivity contribution in [3.63, 3.8) is 0 Å². The maximum absolute atomic E-state index is 9.98. The first kappa shape index (κ1) is 17.0. The van der Waals surface area contributed by atoms with E-state index in [1.807, 2.05) is 0 Å². The van der Waals surface area contributed by atoms with Crippen LogP contribution in [0.1, 0.15) is 58.8 Å². The maximum Gasteiger partial charge on any atom is 0.0809 e. The lowest BCUT2D eigenvalue weighted by atomic mass is 9.72. The fraction of sp³-hybridized carbons (Fsp3) is 0.714. The predicted octanol–water partition coefficient (Wildman–Crippen LogP) is 4.39. The Labute approximate surface area is 141 Å². The molecule has 2 heteroatoms. The van der Waals surface area contributed by atoms with E-state index in [-0.39, 0.29) is 0 Å². The lowest BCUT2D eigenvalue weighted by Crippen LogP contribution is -2.28. The van der Waals surface area contributed by atoms with Gasteiger partial charge in [-0.2, -0.15) is 0 Å². The molecule has 2 nitrogen and oxygen atoms in total. The number of hydrogen-bond acceptors (Lipinski definition) is 2. The summed E-state index contributed by atoms with van der Waals surface area (Å²) in [5.41, 5.74) is 3.35. The monoisotopic (exact) mass is 316 g/mol. The molecule has 0 bridgehead atoms. The van der Waals surface area contributed by atoms with Gasteiger partial charge in [-0.3, -0.25) is 0 Å². The third kappa shape index (κ3) is 3.49. The van der Waals surface area contributed by atoms with Crippen LogP contribution in [0.4, 0.5) is 0 Å². The highest BCUT2D eigenvalue weighted by atomic mass is 16.3. The fourth-order valence-corrected chi connectivity index (χ4v) is 5.16. The van der Waals surface area contributed by atoms with Gasteiger partial charge in [-0.1, -0.05) is 43.7 Å². The van der Waals surface area contributed by atoms with Gasteiger partial charge in [0.05, 0.1) is 12.2 Å². The van der Waals surface area contributed by atoms with E-state index in [1.54, 1.807) is 5.57 Å². The molecule has 0 saturated heterocycles. The van der Waals surface area contributed by atoms with Crippen LogP contribution in [-0.4, -0.2) is 22.4 Å². The summed E-state index contributed by atoms with van der Waals surface area (Å²) in [5.74, 6) is 3.37. The minimum absolute atomic E-state index is 0.572. The second kappa shape index (κ2) is 6.94. The van der Waals surface area contributed by atoms with Gasteiger partial charge in [0.2, 0.25) is 0 Å². The Morgan fingerprint density at radius 2 is 1.74 bits per heavy atom. The Bertz CT molecular complexity index is 498. The van der Waals surface area contributed by atoms with Crippen LogP contribution in [0.25, 0.3) is 0 Å². The Balaban J connectivity index is 1.72. The molecule has 0 radical (unpaired) electrons. The zero-order chi connectivity index (χ0) is 16.6. The van der Waals surface area contributed by atoms with Crippen LogP contribution in [0.2, 0.25) is 0 Å². The summed E-state index contributed by atoms with van der Waals surface area (Å²) in [6, 6.07) is 0. The highest BCUT2D eigenvalue weighted by Gasteiger charge is 2.40. The third-order valence-corrected chi connectivity index (χ3v) is 6.51. The van der Waals surface area contributed by atoms with Crippen molar-refractivity contribution in [1.29, 1.82) is 0 Å². The Morgan fingerprint density at radius 1 is 1.04 bits per heavy atom. The molecule has 1 unspecified atom stereocenters. The Hall–Kier alpha value is -0.860. The third-order valence-electron chi connectivity index (χ3n) is 6.51. The number of rotatable bonds is 2. The van der Waals surface area contributed by atoms with Gasteiger partial charge < -0.3 is 10.2 Å². The van der Waals surface area contributed by atoms with E-state index < -0.39 is 12.2 Å². The number of allylic oxidation sites excluding steroid dienone is 3. The first-order valence-corrected chi connectivity index (χ1v) is 9.40. The Kier molecular flexibility index (Phi) is 5.13. The molecule has 0 heterocycles. The van der Waals surface area contributed by atoms with Crippen LogP contribution in [0.15, 0.2) is 35.5 Å². The summed E-state index contributed by atoms with van der Waals surface area (Å²) in [5, 5.41) is 20.0. The molecular formula is C21H32O2. The average molecular weight is 316 g/mol. The standard InChI is InChI=1S/C21H32O2/c1-13(2)17-9-10-18-16(5-4-6-19(17)18)8-7-15-11-20(22)14(3)21(23)12-15/h7-8,13,17-23H,3-6,9-12H2,1-2H3/b16-8+/t17?,18-,19+,20+,21+/m0/s1. The topological polar surface area (TPSA) is 40.5 Å². The summed E-state index contributed by atoms with van der Waals surface area (Å²) in [7, 11) is 0. The van der Waals surface area contributed by atoms with Gasteiger partial charge >= 0.3 is 0 Å². The van der Waals surface area contributed by atoms with Crippen LogP contribution in [-0.2, 0) is 0 Å². The smallest absolute Gasteiger partial charge is 0.0809 e. The molecule has 3 aliphatic carbocycles. The molecule has 0 aromatic carbocycles. The predicted molar refractivity (Wildman–Crippen MR) is 94.9 cm³/mol. The molecule has 0 aliphatic heterocycles. The van der Waals surface area contributed by atoms with Gasteiger partial charge in [0.25, 0.3) is 0 Å². The SMILES string of the molecule is C=C1[C@H](O)CC(=C/C=C2\CCC[C@@H]3C(C(C)C)CC[C@@H]23)C[C@H]1O. The molecule has 3 saturated carbocycles. The van der Waals surface area contributed by atoms with Crippen molar-refractivity contribution in [2.75, 3.05) is 0 Å². The molecular weight excluding hydrogens is 284 g/mol. The van der Waals surface area contributed by atoms with Gasteiger partial charge in [0.1, 0.15) is 0 Å². The second-order valence-corrected chi connectivity index (χ2v) is 8.23. The van der Waals surface area contributed by atoms with Crippen LogP contribution in [0.5, 0.6) is 0 Å². The van der Waals surface area contributed by atoms with Crippen LogP contribution in [0.3, 0.4) is 0 Å². The summed E-state index contributed by atoms with van der Waals surface area (Å²) in [4.78, 5) is 0. The maximum atomic E-state index is 9.98. The minimum atomic E-state index is -0.584. The van der Waals surface area contributed by atoms with E-state index in [0.29, 0.717) is 18.4 Å². The number of hydrogen-bond donors (Lipinski definition) is 2. The molecule has 3 fully saturated rings. The highest BCUT2D eigenvalue weighted by Crippen LogP contribution is 2.50. The fourth-order valence-electron chi connectivity index (χ4n) is 5.16. The quantitative estimate of drug-likeness (QED) is 0.742. The van der Waals surface area contributed by atoms with Crippen LogP contribution < -0.4 is 0 Å². The molecule has 23 heavy (non-hydrogen) atoms. The van der Waals surface area contributed by atoms with Crippen molar-refractivity contribution in [3.05, 3.63) is 35.5 Å². The van der Waals surface area contributed by atoms with Crippen molar-refractivity contribution in [2.24, 2.45) is 23.7 Å². The highest BCUT2D eigenvalue weighted by molar-refractivity contribution is 5.28. The van der Waals surface area contributed by atoms with E-state index >= 15 is 0 Å². The van der Waals surface area contributed by atoms with Crippen molar-refractivity contribution >= 4 is 0 Å². The summed E-state index contributed by atoms with van der Waals surface area (Å²) < 4.78 is 0. The largest absolute Gasteiger partial charge is 0.388 e. The molecule has 5 atom stereocenters. The van der Waals surface area contributed by atoms with Crippen LogP contribution in [0, 0.1) is 23.7 Å². The second-order valence-electron chi connectivity index (χ2n) is 8.23. The van der Waals surface area contributed by atoms with E-state index in [9.17, 15) is 10.2 Å². The first-order chi connectivity index (χ1) is 11.0. The van der Waals surface area contributed by atoms with Gasteiger partial charge in [-0.05, 0) is 74.2 Å². The van der Waals surface area contributed by atoms with Crippen molar-refractivity contribution in [3.8, 4) is 0 Å². The minimum Gasteiger partial charge on any atom is -0.388 e. The van der Waals surface area contributed by atoms with Gasteiger partial charge in [-0.25, -0.2) is 0 Å². The Morgan fingerprint density at radius 3 is 2.39 bits per heavy atom. The molecule has 0 aromatic heterocycles.